The smallest absolute Gasteiger partial charge is 0.236 e. The molecule has 1 N–H and O–H groups in total. The Bertz CT molecular complexity index is 385. The van der Waals surface area contributed by atoms with Gasteiger partial charge in [0.1, 0.15) is 0 Å². The van der Waals surface area contributed by atoms with Crippen LogP contribution in [-0.2, 0) is 10.0 Å². The molecule has 0 amide bonds. The van der Waals surface area contributed by atoms with Gasteiger partial charge < -0.3 is 0 Å². The van der Waals surface area contributed by atoms with E-state index in [2.05, 4.69) is 25.6 Å². The van der Waals surface area contributed by atoms with Gasteiger partial charge in [-0.25, -0.2) is 13.4 Å². The number of nitrogens with zero attached hydrogens (tertiary/aromatic N) is 1. The summed E-state index contributed by atoms with van der Waals surface area (Å²) in [5.41, 5.74) is 0. The van der Waals surface area contributed by atoms with E-state index in [4.69, 9.17) is 0 Å². The van der Waals surface area contributed by atoms with Crippen LogP contribution < -0.4 is 4.72 Å². The van der Waals surface area contributed by atoms with E-state index < -0.39 is 15.3 Å². The van der Waals surface area contributed by atoms with Crippen LogP contribution in [-0.4, -0.2) is 18.7 Å². The Hall–Kier alpha value is -0.140. The molecule has 0 aliphatic heterocycles. The number of thiazole rings is 1. The van der Waals surface area contributed by atoms with Crippen LogP contribution in [0.15, 0.2) is 9.98 Å². The number of sulfonamides is 1. The minimum Gasteiger partial charge on any atom is -0.258 e. The number of anilines is 1. The maximum Gasteiger partial charge on any atom is 0.236 e. The molecule has 4 nitrogen and oxygen atoms in total. The Kier molecular flexibility index (Phi) is 3.31. The van der Waals surface area contributed by atoms with Crippen LogP contribution in [0.4, 0.5) is 5.13 Å². The zero-order chi connectivity index (χ0) is 10.1. The Morgan fingerprint density at radius 2 is 2.23 bits per heavy atom. The van der Waals surface area contributed by atoms with Gasteiger partial charge in [-0.15, -0.1) is 0 Å². The molecule has 0 saturated carbocycles. The zero-order valence-corrected chi connectivity index (χ0v) is 10.3. The third-order valence-electron chi connectivity index (χ3n) is 1.33. The predicted molar refractivity (Wildman–Crippen MR) is 57.5 cm³/mol. The summed E-state index contributed by atoms with van der Waals surface area (Å²) in [5.74, 6) is 0. The molecule has 7 heteroatoms. The predicted octanol–water partition coefficient (Wildman–Crippen LogP) is 2.06. The summed E-state index contributed by atoms with van der Waals surface area (Å²) < 4.78 is 25.9. The van der Waals surface area contributed by atoms with Gasteiger partial charge in [-0.1, -0.05) is 11.3 Å². The van der Waals surface area contributed by atoms with E-state index in [0.29, 0.717) is 5.13 Å². The highest BCUT2D eigenvalue weighted by Crippen LogP contribution is 2.24. The first-order valence-corrected chi connectivity index (χ1v) is 6.70. The molecule has 0 spiro atoms. The lowest BCUT2D eigenvalue weighted by Gasteiger charge is -2.06. The van der Waals surface area contributed by atoms with Crippen molar-refractivity contribution in [3.8, 4) is 0 Å². The van der Waals surface area contributed by atoms with Crippen molar-refractivity contribution < 1.29 is 8.42 Å². The highest BCUT2D eigenvalue weighted by molar-refractivity contribution is 9.11. The first-order chi connectivity index (χ1) is 5.92. The van der Waals surface area contributed by atoms with Crippen molar-refractivity contribution in [2.75, 3.05) is 4.72 Å². The van der Waals surface area contributed by atoms with Gasteiger partial charge in [0, 0.05) is 0 Å². The van der Waals surface area contributed by atoms with Gasteiger partial charge in [-0.05, 0) is 29.8 Å². The van der Waals surface area contributed by atoms with Crippen molar-refractivity contribution in [3.05, 3.63) is 9.98 Å². The largest absolute Gasteiger partial charge is 0.258 e. The van der Waals surface area contributed by atoms with E-state index in [9.17, 15) is 8.42 Å². The zero-order valence-electron chi connectivity index (χ0n) is 7.11. The number of halogens is 1. The minimum atomic E-state index is -3.26. The Morgan fingerprint density at radius 3 is 2.62 bits per heavy atom. The fourth-order valence-corrected chi connectivity index (χ4v) is 2.55. The van der Waals surface area contributed by atoms with E-state index in [-0.39, 0.29) is 0 Å². The van der Waals surface area contributed by atoms with Gasteiger partial charge >= 0.3 is 0 Å². The lowest BCUT2D eigenvalue weighted by molar-refractivity contribution is 0.592. The molecule has 74 valence electrons. The molecule has 0 radical (unpaired) electrons. The molecule has 1 aromatic heterocycles. The molecule has 1 rings (SSSR count). The van der Waals surface area contributed by atoms with Crippen LogP contribution in [0, 0.1) is 0 Å². The van der Waals surface area contributed by atoms with Crippen LogP contribution in [0.1, 0.15) is 13.8 Å². The lowest BCUT2D eigenvalue weighted by atomic mass is 10.6. The molecular weight excluding hydrogens is 276 g/mol. The van der Waals surface area contributed by atoms with Crippen molar-refractivity contribution in [2.45, 2.75) is 19.1 Å². The third kappa shape index (κ3) is 2.92. The second-order valence-corrected chi connectivity index (χ2v) is 7.31. The average molecular weight is 285 g/mol. The Labute approximate surface area is 89.6 Å². The van der Waals surface area contributed by atoms with E-state index in [0.717, 1.165) is 3.79 Å². The summed E-state index contributed by atoms with van der Waals surface area (Å²) >= 11 is 4.45. The Morgan fingerprint density at radius 1 is 1.62 bits per heavy atom. The van der Waals surface area contributed by atoms with E-state index >= 15 is 0 Å². The van der Waals surface area contributed by atoms with Crippen molar-refractivity contribution >= 4 is 42.4 Å². The molecule has 0 bridgehead atoms. The number of hydrogen-bond donors (Lipinski definition) is 1. The molecule has 0 aromatic carbocycles. The fraction of sp³-hybridized carbons (Fsp3) is 0.500. The molecule has 0 atom stereocenters. The van der Waals surface area contributed by atoms with Crippen molar-refractivity contribution in [1.29, 1.82) is 0 Å². The van der Waals surface area contributed by atoms with Crippen LogP contribution in [0.2, 0.25) is 0 Å². The van der Waals surface area contributed by atoms with Crippen LogP contribution in [0.3, 0.4) is 0 Å². The number of rotatable bonds is 3. The van der Waals surface area contributed by atoms with Gasteiger partial charge in [-0.3, -0.25) is 4.72 Å². The lowest BCUT2D eigenvalue weighted by Crippen LogP contribution is -2.22. The molecular formula is C6H9BrN2O2S2. The van der Waals surface area contributed by atoms with Gasteiger partial charge in [0.05, 0.1) is 15.2 Å². The molecule has 0 aliphatic carbocycles. The van der Waals surface area contributed by atoms with Gasteiger partial charge in [0.15, 0.2) is 5.13 Å². The highest BCUT2D eigenvalue weighted by atomic mass is 79.9. The topological polar surface area (TPSA) is 59.1 Å². The summed E-state index contributed by atoms with van der Waals surface area (Å²) in [6.07, 6.45) is 1.56. The van der Waals surface area contributed by atoms with Gasteiger partial charge in [0.2, 0.25) is 10.0 Å². The van der Waals surface area contributed by atoms with Crippen LogP contribution in [0.5, 0.6) is 0 Å². The summed E-state index contributed by atoms with van der Waals surface area (Å²) in [5, 5.41) is -0.0595. The average Bonchev–Trinajstić information content (AvgIpc) is 2.34. The Balaban J connectivity index is 2.81. The van der Waals surface area contributed by atoms with Crippen molar-refractivity contribution in [3.63, 3.8) is 0 Å². The number of nitrogens with one attached hydrogen (secondary N) is 1. The molecule has 0 fully saturated rings. The van der Waals surface area contributed by atoms with Gasteiger partial charge in [-0.2, -0.15) is 0 Å². The second-order valence-electron chi connectivity index (χ2n) is 2.67. The maximum absolute atomic E-state index is 11.3. The van der Waals surface area contributed by atoms with Gasteiger partial charge in [0.25, 0.3) is 0 Å². The number of aromatic nitrogens is 1. The van der Waals surface area contributed by atoms with Crippen molar-refractivity contribution in [2.24, 2.45) is 0 Å². The molecule has 1 heterocycles. The second kappa shape index (κ2) is 3.93. The summed E-state index contributed by atoms with van der Waals surface area (Å²) in [7, 11) is -3.26. The van der Waals surface area contributed by atoms with E-state index in [1.54, 1.807) is 20.0 Å². The molecule has 0 aliphatic rings. The molecule has 0 unspecified atom stereocenters. The normalized spacial score (nSPS) is 12.0. The first kappa shape index (κ1) is 10.9. The summed E-state index contributed by atoms with van der Waals surface area (Å²) in [6, 6.07) is 0. The van der Waals surface area contributed by atoms with Crippen LogP contribution >= 0.6 is 27.3 Å². The first-order valence-electron chi connectivity index (χ1n) is 3.55. The SMILES string of the molecule is CC(C)S(=O)(=O)Nc1ncc(Br)s1. The summed E-state index contributed by atoms with van der Waals surface area (Å²) in [4.78, 5) is 3.86. The van der Waals surface area contributed by atoms with Crippen LogP contribution in [0.25, 0.3) is 0 Å². The van der Waals surface area contributed by atoms with E-state index in [1.807, 2.05) is 0 Å². The summed E-state index contributed by atoms with van der Waals surface area (Å²) in [6.45, 7) is 3.23. The standard InChI is InChI=1S/C6H9BrN2O2S2/c1-4(2)13(10,11)9-6-8-3-5(7)12-6/h3-4H,1-2H3,(H,8,9). The van der Waals surface area contributed by atoms with E-state index in [1.165, 1.54) is 11.3 Å². The molecule has 13 heavy (non-hydrogen) atoms. The third-order valence-corrected chi connectivity index (χ3v) is 4.57. The monoisotopic (exact) mass is 284 g/mol. The van der Waals surface area contributed by atoms with Crippen molar-refractivity contribution in [1.82, 2.24) is 4.98 Å². The fourth-order valence-electron chi connectivity index (χ4n) is 0.541. The maximum atomic E-state index is 11.3. The quantitative estimate of drug-likeness (QED) is 0.924. The highest BCUT2D eigenvalue weighted by Gasteiger charge is 2.16. The minimum absolute atomic E-state index is 0.389. The molecule has 0 saturated heterocycles. The molecule has 1 aromatic rings. The number of hydrogen-bond acceptors (Lipinski definition) is 4.